The lowest BCUT2D eigenvalue weighted by Gasteiger charge is -2.22. The van der Waals surface area contributed by atoms with Gasteiger partial charge in [-0.15, -0.1) is 0 Å². The summed E-state index contributed by atoms with van der Waals surface area (Å²) in [5.74, 6) is 0.0132. The van der Waals surface area contributed by atoms with Crippen molar-refractivity contribution in [2.75, 3.05) is 17.2 Å². The van der Waals surface area contributed by atoms with Crippen LogP contribution in [0.4, 0.5) is 11.4 Å². The molecule has 0 unspecified atom stereocenters. The lowest BCUT2D eigenvalue weighted by atomic mass is 10.0. The zero-order valence-corrected chi connectivity index (χ0v) is 12.2. The van der Waals surface area contributed by atoms with E-state index in [1.807, 2.05) is 63.2 Å². The van der Waals surface area contributed by atoms with E-state index in [0.717, 1.165) is 22.4 Å². The normalized spacial score (nSPS) is 10.3. The van der Waals surface area contributed by atoms with Crippen LogP contribution in [-0.4, -0.2) is 12.5 Å². The van der Waals surface area contributed by atoms with Gasteiger partial charge in [-0.1, -0.05) is 23.8 Å². The fraction of sp³-hybridized carbons (Fsp3) is 0.235. The molecule has 20 heavy (non-hydrogen) atoms. The van der Waals surface area contributed by atoms with Crippen LogP contribution in [0.25, 0.3) is 0 Å². The molecule has 3 heteroatoms. The predicted molar refractivity (Wildman–Crippen MR) is 84.1 cm³/mol. The van der Waals surface area contributed by atoms with Crippen LogP contribution in [0.2, 0.25) is 0 Å². The highest BCUT2D eigenvalue weighted by molar-refractivity contribution is 6.07. The van der Waals surface area contributed by atoms with Gasteiger partial charge in [-0.3, -0.25) is 4.79 Å². The summed E-state index contributed by atoms with van der Waals surface area (Å²) in [6.07, 6.45) is 0. The first-order chi connectivity index (χ1) is 9.52. The maximum Gasteiger partial charge on any atom is 0.258 e. The van der Waals surface area contributed by atoms with Crippen LogP contribution in [0.15, 0.2) is 42.5 Å². The number of anilines is 2. The van der Waals surface area contributed by atoms with Gasteiger partial charge in [0.05, 0.1) is 0 Å². The molecule has 0 heterocycles. The first-order valence-corrected chi connectivity index (χ1v) is 6.77. The molecule has 0 atom stereocenters. The van der Waals surface area contributed by atoms with Crippen LogP contribution in [0.3, 0.4) is 0 Å². The highest BCUT2D eigenvalue weighted by Crippen LogP contribution is 2.21. The quantitative estimate of drug-likeness (QED) is 0.865. The molecule has 104 valence electrons. The van der Waals surface area contributed by atoms with E-state index in [4.69, 9.17) is 5.73 Å². The van der Waals surface area contributed by atoms with Crippen LogP contribution < -0.4 is 10.6 Å². The van der Waals surface area contributed by atoms with Gasteiger partial charge in [0.25, 0.3) is 5.91 Å². The number of aryl methyl sites for hydroxylation is 2. The van der Waals surface area contributed by atoms with Gasteiger partial charge in [-0.25, -0.2) is 0 Å². The molecule has 0 spiro atoms. The third-order valence-electron chi connectivity index (χ3n) is 3.37. The number of nitrogen functional groups attached to an aromatic ring is 1. The summed E-state index contributed by atoms with van der Waals surface area (Å²) >= 11 is 0. The lowest BCUT2D eigenvalue weighted by molar-refractivity contribution is 0.0987. The molecular formula is C17H20N2O. The van der Waals surface area contributed by atoms with Crippen molar-refractivity contribution in [2.24, 2.45) is 0 Å². The lowest BCUT2D eigenvalue weighted by Crippen LogP contribution is -2.31. The summed E-state index contributed by atoms with van der Waals surface area (Å²) in [7, 11) is 0. The third-order valence-corrected chi connectivity index (χ3v) is 3.37. The third kappa shape index (κ3) is 2.82. The molecule has 1 amide bonds. The molecule has 0 saturated heterocycles. The van der Waals surface area contributed by atoms with Crippen LogP contribution in [0.5, 0.6) is 0 Å². The molecular weight excluding hydrogens is 248 g/mol. The Morgan fingerprint density at radius 3 is 2.55 bits per heavy atom. The first-order valence-electron chi connectivity index (χ1n) is 6.77. The van der Waals surface area contributed by atoms with E-state index in [-0.39, 0.29) is 5.91 Å². The highest BCUT2D eigenvalue weighted by Gasteiger charge is 2.18. The van der Waals surface area contributed by atoms with Crippen molar-refractivity contribution in [1.29, 1.82) is 0 Å². The fourth-order valence-electron chi connectivity index (χ4n) is 2.25. The minimum Gasteiger partial charge on any atom is -0.399 e. The minimum absolute atomic E-state index is 0.0132. The van der Waals surface area contributed by atoms with Crippen molar-refractivity contribution >= 4 is 17.3 Å². The van der Waals surface area contributed by atoms with E-state index in [1.54, 1.807) is 4.90 Å². The number of carbonyl (C=O) groups excluding carboxylic acids is 1. The smallest absolute Gasteiger partial charge is 0.258 e. The Kier molecular flexibility index (Phi) is 4.08. The summed E-state index contributed by atoms with van der Waals surface area (Å²) in [5.41, 5.74) is 10.1. The van der Waals surface area contributed by atoms with Crippen molar-refractivity contribution in [3.8, 4) is 0 Å². The molecule has 0 radical (unpaired) electrons. The molecule has 0 aromatic heterocycles. The second kappa shape index (κ2) is 5.78. The largest absolute Gasteiger partial charge is 0.399 e. The number of rotatable bonds is 3. The van der Waals surface area contributed by atoms with Crippen LogP contribution >= 0.6 is 0 Å². The summed E-state index contributed by atoms with van der Waals surface area (Å²) in [6, 6.07) is 13.4. The molecule has 2 aromatic rings. The van der Waals surface area contributed by atoms with Gasteiger partial charge in [0.15, 0.2) is 0 Å². The topological polar surface area (TPSA) is 46.3 Å². The average molecular weight is 268 g/mol. The summed E-state index contributed by atoms with van der Waals surface area (Å²) in [4.78, 5) is 14.5. The van der Waals surface area contributed by atoms with Gasteiger partial charge in [0, 0.05) is 23.5 Å². The molecule has 0 aliphatic carbocycles. The van der Waals surface area contributed by atoms with Crippen LogP contribution in [0.1, 0.15) is 28.4 Å². The molecule has 0 saturated carbocycles. The molecule has 2 N–H and O–H groups in total. The Balaban J connectivity index is 2.41. The van der Waals surface area contributed by atoms with Crippen LogP contribution in [0, 0.1) is 13.8 Å². The number of nitrogens with zero attached hydrogens (tertiary/aromatic N) is 1. The number of benzene rings is 2. The monoisotopic (exact) mass is 268 g/mol. The van der Waals surface area contributed by atoms with Crippen molar-refractivity contribution in [3.05, 3.63) is 59.2 Å². The van der Waals surface area contributed by atoms with E-state index in [1.165, 1.54) is 0 Å². The molecule has 2 aromatic carbocycles. The Morgan fingerprint density at radius 2 is 1.90 bits per heavy atom. The number of amides is 1. The zero-order chi connectivity index (χ0) is 14.7. The number of carbonyl (C=O) groups is 1. The number of nitrogens with two attached hydrogens (primary N) is 1. The summed E-state index contributed by atoms with van der Waals surface area (Å²) < 4.78 is 0. The molecule has 0 bridgehead atoms. The highest BCUT2D eigenvalue weighted by atomic mass is 16.2. The number of hydrogen-bond donors (Lipinski definition) is 1. The van der Waals surface area contributed by atoms with E-state index in [0.29, 0.717) is 12.2 Å². The van der Waals surface area contributed by atoms with E-state index < -0.39 is 0 Å². The average Bonchev–Trinajstić information content (AvgIpc) is 2.42. The van der Waals surface area contributed by atoms with Gasteiger partial charge >= 0.3 is 0 Å². The summed E-state index contributed by atoms with van der Waals surface area (Å²) in [6.45, 7) is 6.52. The van der Waals surface area contributed by atoms with Crippen LogP contribution in [-0.2, 0) is 0 Å². The van der Waals surface area contributed by atoms with Gasteiger partial charge < -0.3 is 10.6 Å². The Bertz CT molecular complexity index is 635. The van der Waals surface area contributed by atoms with Crippen molar-refractivity contribution in [2.45, 2.75) is 20.8 Å². The molecule has 0 aliphatic heterocycles. The molecule has 3 nitrogen and oxygen atoms in total. The van der Waals surface area contributed by atoms with Crippen molar-refractivity contribution < 1.29 is 4.79 Å². The van der Waals surface area contributed by atoms with E-state index in [9.17, 15) is 4.79 Å². The van der Waals surface area contributed by atoms with Gasteiger partial charge in [0.1, 0.15) is 0 Å². The second-order valence-corrected chi connectivity index (χ2v) is 4.96. The second-order valence-electron chi connectivity index (χ2n) is 4.96. The Labute approximate surface area is 120 Å². The maximum atomic E-state index is 12.7. The van der Waals surface area contributed by atoms with Gasteiger partial charge in [0.2, 0.25) is 0 Å². The minimum atomic E-state index is 0.0132. The summed E-state index contributed by atoms with van der Waals surface area (Å²) in [5, 5.41) is 0. The SMILES string of the molecule is CCN(C(=O)c1cc(C)ccc1C)c1cccc(N)c1. The van der Waals surface area contributed by atoms with Crippen molar-refractivity contribution in [1.82, 2.24) is 0 Å². The Morgan fingerprint density at radius 1 is 1.15 bits per heavy atom. The zero-order valence-electron chi connectivity index (χ0n) is 12.2. The first kappa shape index (κ1) is 14.1. The van der Waals surface area contributed by atoms with Crippen molar-refractivity contribution in [3.63, 3.8) is 0 Å². The molecule has 2 rings (SSSR count). The predicted octanol–water partition coefficient (Wildman–Crippen LogP) is 3.55. The van der Waals surface area contributed by atoms with Gasteiger partial charge in [-0.2, -0.15) is 0 Å². The van der Waals surface area contributed by atoms with E-state index >= 15 is 0 Å². The maximum absolute atomic E-state index is 12.7. The molecule has 0 aliphatic rings. The van der Waals surface area contributed by atoms with Gasteiger partial charge in [-0.05, 0) is 50.6 Å². The number of hydrogen-bond acceptors (Lipinski definition) is 2. The van der Waals surface area contributed by atoms with E-state index in [2.05, 4.69) is 0 Å². The fourth-order valence-corrected chi connectivity index (χ4v) is 2.25. The Hall–Kier alpha value is -2.29. The standard InChI is InChI=1S/C17H20N2O/c1-4-19(15-7-5-6-14(18)11-15)17(20)16-10-12(2)8-9-13(16)3/h5-11H,4,18H2,1-3H3. The molecule has 0 fully saturated rings.